The van der Waals surface area contributed by atoms with E-state index in [4.69, 9.17) is 5.73 Å². The second kappa shape index (κ2) is 6.05. The quantitative estimate of drug-likeness (QED) is 0.818. The van der Waals surface area contributed by atoms with Gasteiger partial charge in [0.05, 0.1) is 0 Å². The highest BCUT2D eigenvalue weighted by Crippen LogP contribution is 2.36. The molecule has 1 fully saturated rings. The van der Waals surface area contributed by atoms with Crippen LogP contribution in [0.3, 0.4) is 0 Å². The first-order valence-corrected chi connectivity index (χ1v) is 7.33. The SMILES string of the molecule is Nc1nc(N[C@H]2CCC(F)(F)C2)nc(-c2cccc(C(F)(F)F)n2)n1. The summed E-state index contributed by atoms with van der Waals surface area (Å²) in [6.45, 7) is 0. The van der Waals surface area contributed by atoms with Crippen molar-refractivity contribution in [2.45, 2.75) is 37.4 Å². The number of anilines is 2. The molecule has 1 aliphatic carbocycles. The lowest BCUT2D eigenvalue weighted by atomic mass is 10.2. The maximum atomic E-state index is 13.2. The van der Waals surface area contributed by atoms with E-state index in [1.54, 1.807) is 0 Å². The van der Waals surface area contributed by atoms with Gasteiger partial charge in [-0.3, -0.25) is 0 Å². The van der Waals surface area contributed by atoms with Crippen LogP contribution in [0.25, 0.3) is 11.5 Å². The Morgan fingerprint density at radius 3 is 2.52 bits per heavy atom. The molecule has 0 aromatic carbocycles. The first kappa shape index (κ1) is 17.2. The number of hydrogen-bond acceptors (Lipinski definition) is 6. The third-order valence-electron chi connectivity index (χ3n) is 3.66. The highest BCUT2D eigenvalue weighted by atomic mass is 19.4. The Kier molecular flexibility index (Phi) is 4.17. The number of hydrogen-bond donors (Lipinski definition) is 2. The minimum absolute atomic E-state index is 0.0792. The summed E-state index contributed by atoms with van der Waals surface area (Å²) in [5.41, 5.74) is 4.30. The Hall–Kier alpha value is -2.59. The molecule has 1 aliphatic rings. The molecule has 0 unspecified atom stereocenters. The van der Waals surface area contributed by atoms with Crippen molar-refractivity contribution in [3.05, 3.63) is 23.9 Å². The van der Waals surface area contributed by atoms with Gasteiger partial charge >= 0.3 is 6.18 Å². The Morgan fingerprint density at radius 1 is 1.12 bits per heavy atom. The molecule has 0 amide bonds. The number of nitrogen functional groups attached to an aromatic ring is 1. The lowest BCUT2D eigenvalue weighted by Crippen LogP contribution is -2.21. The maximum absolute atomic E-state index is 13.2. The molecule has 11 heteroatoms. The first-order valence-electron chi connectivity index (χ1n) is 7.33. The molecule has 3 rings (SSSR count). The summed E-state index contributed by atoms with van der Waals surface area (Å²) < 4.78 is 64.8. The maximum Gasteiger partial charge on any atom is 0.433 e. The summed E-state index contributed by atoms with van der Waals surface area (Å²) in [4.78, 5) is 15.0. The van der Waals surface area contributed by atoms with Gasteiger partial charge in [0.25, 0.3) is 0 Å². The van der Waals surface area contributed by atoms with E-state index >= 15 is 0 Å². The summed E-state index contributed by atoms with van der Waals surface area (Å²) in [7, 11) is 0. The van der Waals surface area contributed by atoms with Gasteiger partial charge < -0.3 is 11.1 Å². The number of halogens is 5. The van der Waals surface area contributed by atoms with Gasteiger partial charge in [-0.2, -0.15) is 28.1 Å². The predicted molar refractivity (Wildman–Crippen MR) is 78.7 cm³/mol. The Morgan fingerprint density at radius 2 is 1.88 bits per heavy atom. The number of nitrogens with two attached hydrogens (primary N) is 1. The zero-order valence-corrected chi connectivity index (χ0v) is 12.7. The van der Waals surface area contributed by atoms with Gasteiger partial charge in [0.1, 0.15) is 11.4 Å². The lowest BCUT2D eigenvalue weighted by molar-refractivity contribution is -0.141. The third kappa shape index (κ3) is 4.09. The molecule has 2 aromatic heterocycles. The van der Waals surface area contributed by atoms with Crippen LogP contribution < -0.4 is 11.1 Å². The van der Waals surface area contributed by atoms with E-state index in [2.05, 4.69) is 25.3 Å². The molecule has 0 saturated heterocycles. The van der Waals surface area contributed by atoms with Gasteiger partial charge in [-0.1, -0.05) is 6.07 Å². The number of alkyl halides is 5. The summed E-state index contributed by atoms with van der Waals surface area (Å²) >= 11 is 0. The molecule has 0 aliphatic heterocycles. The van der Waals surface area contributed by atoms with Crippen molar-refractivity contribution >= 4 is 11.9 Å². The molecular formula is C14H13F5N6. The van der Waals surface area contributed by atoms with Crippen LogP contribution in [-0.2, 0) is 6.18 Å². The molecule has 25 heavy (non-hydrogen) atoms. The van der Waals surface area contributed by atoms with Crippen molar-refractivity contribution in [1.82, 2.24) is 19.9 Å². The Bertz CT molecular complexity index is 779. The fourth-order valence-electron chi connectivity index (χ4n) is 2.54. The molecule has 0 spiro atoms. The molecule has 3 N–H and O–H groups in total. The molecule has 1 saturated carbocycles. The van der Waals surface area contributed by atoms with Crippen molar-refractivity contribution in [3.63, 3.8) is 0 Å². The van der Waals surface area contributed by atoms with E-state index in [-0.39, 0.29) is 42.7 Å². The number of rotatable bonds is 3. The molecule has 6 nitrogen and oxygen atoms in total. The molecule has 0 radical (unpaired) electrons. The molecule has 2 aromatic rings. The van der Waals surface area contributed by atoms with E-state index in [0.29, 0.717) is 0 Å². The Labute approximate surface area is 138 Å². The van der Waals surface area contributed by atoms with Crippen LogP contribution in [0.4, 0.5) is 33.8 Å². The van der Waals surface area contributed by atoms with Gasteiger partial charge in [0.2, 0.25) is 17.8 Å². The average Bonchev–Trinajstić information content (AvgIpc) is 2.85. The zero-order valence-electron chi connectivity index (χ0n) is 12.7. The highest BCUT2D eigenvalue weighted by molar-refractivity contribution is 5.53. The summed E-state index contributed by atoms with van der Waals surface area (Å²) in [5, 5.41) is 2.72. The van der Waals surface area contributed by atoms with E-state index in [9.17, 15) is 22.0 Å². The van der Waals surface area contributed by atoms with Crippen LogP contribution in [0.2, 0.25) is 0 Å². The zero-order chi connectivity index (χ0) is 18.2. The molecule has 1 atom stereocenters. The number of aromatic nitrogens is 4. The summed E-state index contributed by atoms with van der Waals surface area (Å²) in [6.07, 6.45) is -5.04. The van der Waals surface area contributed by atoms with Gasteiger partial charge in [0, 0.05) is 18.9 Å². The second-order valence-electron chi connectivity index (χ2n) is 5.69. The summed E-state index contributed by atoms with van der Waals surface area (Å²) in [5.74, 6) is -3.27. The van der Waals surface area contributed by atoms with Crippen molar-refractivity contribution in [2.24, 2.45) is 0 Å². The molecule has 0 bridgehead atoms. The number of nitrogens with one attached hydrogen (secondary N) is 1. The Balaban J connectivity index is 1.87. The van der Waals surface area contributed by atoms with Crippen LogP contribution in [-0.4, -0.2) is 31.9 Å². The van der Waals surface area contributed by atoms with Gasteiger partial charge in [-0.25, -0.2) is 13.8 Å². The van der Waals surface area contributed by atoms with Gasteiger partial charge in [-0.05, 0) is 18.6 Å². The van der Waals surface area contributed by atoms with Gasteiger partial charge in [-0.15, -0.1) is 0 Å². The molecule has 2 heterocycles. The van der Waals surface area contributed by atoms with E-state index in [1.807, 2.05) is 0 Å². The second-order valence-corrected chi connectivity index (χ2v) is 5.69. The van der Waals surface area contributed by atoms with Crippen molar-refractivity contribution in [3.8, 4) is 11.5 Å². The molecule has 134 valence electrons. The number of pyridine rings is 1. The normalized spacial score (nSPS) is 19.8. The van der Waals surface area contributed by atoms with Crippen LogP contribution in [0.5, 0.6) is 0 Å². The van der Waals surface area contributed by atoms with Crippen LogP contribution >= 0.6 is 0 Å². The minimum Gasteiger partial charge on any atom is -0.368 e. The highest BCUT2D eigenvalue weighted by Gasteiger charge is 2.39. The predicted octanol–water partition coefficient (Wildman–Crippen LogP) is 3.13. The average molecular weight is 360 g/mol. The van der Waals surface area contributed by atoms with Crippen molar-refractivity contribution < 1.29 is 22.0 Å². The number of nitrogens with zero attached hydrogens (tertiary/aromatic N) is 4. The van der Waals surface area contributed by atoms with Crippen LogP contribution in [0, 0.1) is 0 Å². The fourth-order valence-corrected chi connectivity index (χ4v) is 2.54. The fraction of sp³-hybridized carbons (Fsp3) is 0.429. The van der Waals surface area contributed by atoms with Crippen LogP contribution in [0.15, 0.2) is 18.2 Å². The lowest BCUT2D eigenvalue weighted by Gasteiger charge is -2.13. The molecular weight excluding hydrogens is 347 g/mol. The van der Waals surface area contributed by atoms with Gasteiger partial charge in [0.15, 0.2) is 5.82 Å². The third-order valence-corrected chi connectivity index (χ3v) is 3.66. The summed E-state index contributed by atoms with van der Waals surface area (Å²) in [6, 6.07) is 2.71. The smallest absolute Gasteiger partial charge is 0.368 e. The monoisotopic (exact) mass is 360 g/mol. The van der Waals surface area contributed by atoms with Crippen LogP contribution in [0.1, 0.15) is 25.0 Å². The van der Waals surface area contributed by atoms with E-state index in [0.717, 1.165) is 12.1 Å². The largest absolute Gasteiger partial charge is 0.433 e. The van der Waals surface area contributed by atoms with Crippen molar-refractivity contribution in [2.75, 3.05) is 11.1 Å². The minimum atomic E-state index is -4.62. The first-order chi connectivity index (χ1) is 11.6. The topological polar surface area (TPSA) is 89.6 Å². The van der Waals surface area contributed by atoms with E-state index < -0.39 is 23.8 Å². The van der Waals surface area contributed by atoms with Crippen molar-refractivity contribution in [1.29, 1.82) is 0 Å². The van der Waals surface area contributed by atoms with E-state index in [1.165, 1.54) is 6.07 Å². The standard InChI is InChI=1S/C14H13F5N6/c15-13(16)5-4-7(6-13)21-12-24-10(23-11(20)25-12)8-2-1-3-9(22-8)14(17,18)19/h1-3,7H,4-6H2,(H3,20,21,23,24,25)/t7-/m0/s1.